The van der Waals surface area contributed by atoms with Crippen molar-refractivity contribution >= 4 is 11.9 Å². The number of primary amides is 1. The van der Waals surface area contributed by atoms with Crippen molar-refractivity contribution in [3.63, 3.8) is 0 Å². The smallest absolute Gasteiger partial charge is 0.332 e. The summed E-state index contributed by atoms with van der Waals surface area (Å²) in [6, 6.07) is 9.32. The van der Waals surface area contributed by atoms with Crippen molar-refractivity contribution in [2.45, 2.75) is 31.1 Å². The monoisotopic (exact) mass is 392 g/mol. The van der Waals surface area contributed by atoms with Crippen LogP contribution in [0.3, 0.4) is 0 Å². The molecule has 0 spiro atoms. The minimum Gasteiger partial charge on any atom is -0.461 e. The van der Waals surface area contributed by atoms with Crippen molar-refractivity contribution in [3.05, 3.63) is 48.0 Å². The molecule has 11 nitrogen and oxygen atoms in total. The molecule has 0 radical (unpaired) electrons. The van der Waals surface area contributed by atoms with Crippen molar-refractivity contribution in [2.24, 2.45) is 5.73 Å². The molecule has 11 heteroatoms. The molecule has 1 fully saturated rings. The first-order valence-electron chi connectivity index (χ1n) is 8.45. The van der Waals surface area contributed by atoms with Crippen LogP contribution in [0.4, 0.5) is 0 Å². The molecule has 3 rings (SSSR count). The molecule has 2 heterocycles. The van der Waals surface area contributed by atoms with Crippen molar-refractivity contribution in [3.8, 4) is 0 Å². The van der Waals surface area contributed by atoms with E-state index in [2.05, 4.69) is 10.1 Å². The van der Waals surface area contributed by atoms with E-state index in [-0.39, 0.29) is 25.6 Å². The third-order valence-electron chi connectivity index (χ3n) is 4.07. The summed E-state index contributed by atoms with van der Waals surface area (Å²) in [7, 11) is 0. The van der Waals surface area contributed by atoms with E-state index in [0.717, 1.165) is 16.6 Å². The number of hydrogen-bond donors (Lipinski definition) is 3. The van der Waals surface area contributed by atoms with Crippen LogP contribution in [0, 0.1) is 0 Å². The molecule has 1 aliphatic heterocycles. The van der Waals surface area contributed by atoms with Crippen molar-refractivity contribution < 1.29 is 34.0 Å². The van der Waals surface area contributed by atoms with Gasteiger partial charge in [0, 0.05) is 0 Å². The summed E-state index contributed by atoms with van der Waals surface area (Å²) in [5, 5.41) is 24.0. The fraction of sp³-hybridized carbons (Fsp3) is 0.412. The predicted molar refractivity (Wildman–Crippen MR) is 91.5 cm³/mol. The molecule has 150 valence electrons. The highest BCUT2D eigenvalue weighted by atomic mass is 16.6. The molecule has 4 N–H and O–H groups in total. The number of amides is 1. The second kappa shape index (κ2) is 8.89. The Kier molecular flexibility index (Phi) is 6.31. The molecule has 28 heavy (non-hydrogen) atoms. The van der Waals surface area contributed by atoms with Crippen molar-refractivity contribution in [1.82, 2.24) is 14.8 Å². The Labute approximate surface area is 159 Å². The number of nitrogens with two attached hydrogens (primary N) is 1. The van der Waals surface area contributed by atoms with Crippen LogP contribution in [-0.4, -0.2) is 68.4 Å². The van der Waals surface area contributed by atoms with Crippen LogP contribution in [0.25, 0.3) is 0 Å². The van der Waals surface area contributed by atoms with Gasteiger partial charge in [-0.05, 0) is 5.56 Å². The summed E-state index contributed by atoms with van der Waals surface area (Å²) in [5.74, 6) is -1.73. The number of benzene rings is 1. The second-order valence-electron chi connectivity index (χ2n) is 6.12. The Morgan fingerprint density at radius 3 is 2.64 bits per heavy atom. The van der Waals surface area contributed by atoms with Gasteiger partial charge in [0.2, 0.25) is 5.82 Å². The Balaban J connectivity index is 1.46. The first-order valence-corrected chi connectivity index (χ1v) is 8.45. The topological polar surface area (TPSA) is 159 Å². The highest BCUT2D eigenvalue weighted by Gasteiger charge is 2.45. The lowest BCUT2D eigenvalue weighted by molar-refractivity contribution is -0.155. The fourth-order valence-electron chi connectivity index (χ4n) is 2.64. The van der Waals surface area contributed by atoms with E-state index in [1.807, 2.05) is 30.3 Å². The summed E-state index contributed by atoms with van der Waals surface area (Å²) in [6.07, 6.45) is -3.63. The van der Waals surface area contributed by atoms with Gasteiger partial charge in [-0.3, -0.25) is 4.79 Å². The number of hydrogen-bond acceptors (Lipinski definition) is 9. The molecule has 0 aliphatic carbocycles. The number of aromatic nitrogens is 3. The third-order valence-corrected chi connectivity index (χ3v) is 4.07. The van der Waals surface area contributed by atoms with E-state index in [9.17, 15) is 19.8 Å². The highest BCUT2D eigenvalue weighted by molar-refractivity contribution is 5.88. The average Bonchev–Trinajstić information content (AvgIpc) is 3.27. The first-order chi connectivity index (χ1) is 13.5. The molecular formula is C17H20N4O7. The molecule has 1 aromatic carbocycles. The summed E-state index contributed by atoms with van der Waals surface area (Å²) in [4.78, 5) is 26.5. The number of aliphatic hydroxyl groups excluding tert-OH is 2. The van der Waals surface area contributed by atoms with Crippen LogP contribution in [0.2, 0.25) is 0 Å². The van der Waals surface area contributed by atoms with Crippen LogP contribution in [0.1, 0.15) is 22.4 Å². The molecule has 1 aromatic heterocycles. The summed E-state index contributed by atoms with van der Waals surface area (Å²) >= 11 is 0. The molecular weight excluding hydrogens is 372 g/mol. The minimum absolute atomic E-state index is 0.254. The molecule has 4 atom stereocenters. The third kappa shape index (κ3) is 4.70. The van der Waals surface area contributed by atoms with E-state index in [1.54, 1.807) is 0 Å². The SMILES string of the molecule is NC(=O)c1ncn(C2OC(COC(=O)COCc3ccccc3)[C@@H](O)C2O)n1. The van der Waals surface area contributed by atoms with Gasteiger partial charge < -0.3 is 30.2 Å². The van der Waals surface area contributed by atoms with Gasteiger partial charge in [0.1, 0.15) is 37.9 Å². The number of nitrogens with zero attached hydrogens (tertiary/aromatic N) is 3. The largest absolute Gasteiger partial charge is 0.461 e. The van der Waals surface area contributed by atoms with Gasteiger partial charge in [-0.2, -0.15) is 0 Å². The predicted octanol–water partition coefficient (Wildman–Crippen LogP) is -1.24. The van der Waals surface area contributed by atoms with Crippen LogP contribution in [0.15, 0.2) is 36.7 Å². The lowest BCUT2D eigenvalue weighted by Gasteiger charge is -2.14. The number of esters is 1. The lowest BCUT2D eigenvalue weighted by Crippen LogP contribution is -2.34. The first kappa shape index (κ1) is 19.9. The molecule has 2 aromatic rings. The number of carbonyl (C=O) groups is 2. The summed E-state index contributed by atoms with van der Waals surface area (Å²) in [5.41, 5.74) is 5.99. The zero-order valence-electron chi connectivity index (χ0n) is 14.7. The highest BCUT2D eigenvalue weighted by Crippen LogP contribution is 2.28. The van der Waals surface area contributed by atoms with Gasteiger partial charge in [-0.15, -0.1) is 5.10 Å². The second-order valence-corrected chi connectivity index (χ2v) is 6.12. The Hall–Kier alpha value is -2.86. The van der Waals surface area contributed by atoms with Gasteiger partial charge in [0.15, 0.2) is 6.23 Å². The number of carbonyl (C=O) groups excluding carboxylic acids is 2. The van der Waals surface area contributed by atoms with E-state index >= 15 is 0 Å². The Morgan fingerprint density at radius 2 is 1.96 bits per heavy atom. The van der Waals surface area contributed by atoms with Crippen LogP contribution < -0.4 is 5.73 Å². The van der Waals surface area contributed by atoms with Crippen LogP contribution in [0.5, 0.6) is 0 Å². The molecule has 1 amide bonds. The molecule has 0 bridgehead atoms. The van der Waals surface area contributed by atoms with Crippen LogP contribution in [-0.2, 0) is 25.6 Å². The maximum atomic E-state index is 11.8. The zero-order valence-corrected chi connectivity index (χ0v) is 14.7. The van der Waals surface area contributed by atoms with Crippen LogP contribution >= 0.6 is 0 Å². The Bertz CT molecular complexity index is 813. The maximum absolute atomic E-state index is 11.8. The summed E-state index contributed by atoms with van der Waals surface area (Å²) in [6.45, 7) is -0.303. The maximum Gasteiger partial charge on any atom is 0.332 e. The van der Waals surface area contributed by atoms with Crippen molar-refractivity contribution in [1.29, 1.82) is 0 Å². The van der Waals surface area contributed by atoms with Gasteiger partial charge in [-0.1, -0.05) is 30.3 Å². The molecule has 3 unspecified atom stereocenters. The Morgan fingerprint density at radius 1 is 1.21 bits per heavy atom. The molecule has 1 saturated heterocycles. The van der Waals surface area contributed by atoms with Gasteiger partial charge in [0.05, 0.1) is 6.61 Å². The minimum atomic E-state index is -1.36. The zero-order chi connectivity index (χ0) is 20.1. The van der Waals surface area contributed by atoms with E-state index < -0.39 is 36.4 Å². The molecule has 1 aliphatic rings. The van der Waals surface area contributed by atoms with Gasteiger partial charge in [-0.25, -0.2) is 14.5 Å². The van der Waals surface area contributed by atoms with Crippen molar-refractivity contribution in [2.75, 3.05) is 13.2 Å². The number of ether oxygens (including phenoxy) is 3. The quantitative estimate of drug-likeness (QED) is 0.467. The standard InChI is InChI=1S/C17H20N4O7/c18-15(25)16-19-9-21(20-16)17-14(24)13(23)11(28-17)7-27-12(22)8-26-6-10-4-2-1-3-5-10/h1-5,9,11,13-14,17,23-24H,6-8H2,(H2,18,25)/t11?,13-,14?,17?/m1/s1. The molecule has 0 saturated carbocycles. The van der Waals surface area contributed by atoms with Gasteiger partial charge in [0.25, 0.3) is 5.91 Å². The van der Waals surface area contributed by atoms with Gasteiger partial charge >= 0.3 is 5.97 Å². The average molecular weight is 392 g/mol. The summed E-state index contributed by atoms with van der Waals surface area (Å²) < 4.78 is 16.8. The van der Waals surface area contributed by atoms with E-state index in [0.29, 0.717) is 0 Å². The van der Waals surface area contributed by atoms with E-state index in [1.165, 1.54) is 0 Å². The number of rotatable bonds is 8. The number of aliphatic hydroxyl groups is 2. The normalized spacial score (nSPS) is 24.2. The lowest BCUT2D eigenvalue weighted by atomic mass is 10.1. The fourth-order valence-corrected chi connectivity index (χ4v) is 2.64. The van der Waals surface area contributed by atoms with E-state index in [4.69, 9.17) is 19.9 Å².